The summed E-state index contributed by atoms with van der Waals surface area (Å²) in [5.41, 5.74) is 0. The van der Waals surface area contributed by atoms with Crippen LogP contribution in [0.5, 0.6) is 0 Å². The van der Waals surface area contributed by atoms with Crippen LogP contribution in [0.25, 0.3) is 0 Å². The molecule has 0 spiro atoms. The first-order valence-electron chi connectivity index (χ1n) is 34.0. The molecule has 0 aromatic carbocycles. The minimum absolute atomic E-state index is 0.100. The number of nitrogens with one attached hydrogen (secondary N) is 1. The molecule has 1 aliphatic rings. The highest BCUT2D eigenvalue weighted by Gasteiger charge is 2.47. The van der Waals surface area contributed by atoms with Crippen molar-refractivity contribution >= 4 is 11.9 Å². The zero-order valence-corrected chi connectivity index (χ0v) is 53.7. The van der Waals surface area contributed by atoms with Gasteiger partial charge in [-0.3, -0.25) is 9.59 Å². The van der Waals surface area contributed by atoms with Crippen molar-refractivity contribution in [2.45, 2.75) is 307 Å². The molecule has 1 amide bonds. The van der Waals surface area contributed by atoms with E-state index in [1.807, 2.05) is 6.08 Å². The standard InChI is InChI=1S/C74H123NO10/c1-4-7-10-13-16-19-22-25-27-29-31-33-34-35-37-39-41-44-47-50-53-56-59-62-69(79)85-72-71(81)70(80)68(63-76)84-74(72)83-64-65(66(77)60-57-54-51-48-45-42-24-21-18-15-12-9-6-3)75-73(82)67(78)61-58-55-52-49-46-43-40-38-36-32-30-28-26-23-20-17-14-11-8-5-2/h7-8,10-11,16-17,19-20,25-28,31-33,35-37,40,43,57,60,65-68,70-72,74,76-78,80-81H,4-6,9,12-15,18,21-24,29-30,34,38-39,41-42,44-56,58-59,61-64H2,1-3H3,(H,75,82)/b10-7-,11-8-,19-16-,20-17-,27-25-,28-26-,33-31-,36-32-,37-35-,43-40-,60-57+. The maximum Gasteiger partial charge on any atom is 0.306 e. The van der Waals surface area contributed by atoms with Gasteiger partial charge in [-0.1, -0.05) is 270 Å². The van der Waals surface area contributed by atoms with Crippen LogP contribution >= 0.6 is 0 Å². The summed E-state index contributed by atoms with van der Waals surface area (Å²) in [6, 6.07) is -1.05. The first-order chi connectivity index (χ1) is 41.7. The molecule has 11 heteroatoms. The fourth-order valence-corrected chi connectivity index (χ4v) is 9.76. The maximum atomic E-state index is 13.5. The number of carbonyl (C=O) groups excluding carboxylic acids is 2. The van der Waals surface area contributed by atoms with Gasteiger partial charge in [-0.15, -0.1) is 0 Å². The van der Waals surface area contributed by atoms with Crippen LogP contribution in [0.2, 0.25) is 0 Å². The van der Waals surface area contributed by atoms with Crippen LogP contribution in [0.15, 0.2) is 134 Å². The van der Waals surface area contributed by atoms with Crippen LogP contribution in [0.4, 0.5) is 0 Å². The molecule has 1 fully saturated rings. The van der Waals surface area contributed by atoms with Crippen LogP contribution in [0.1, 0.15) is 258 Å². The third-order valence-corrected chi connectivity index (χ3v) is 15.0. The van der Waals surface area contributed by atoms with Gasteiger partial charge in [0, 0.05) is 6.42 Å². The summed E-state index contributed by atoms with van der Waals surface area (Å²) in [5, 5.41) is 57.2. The van der Waals surface area contributed by atoms with E-state index in [9.17, 15) is 35.1 Å². The summed E-state index contributed by atoms with van der Waals surface area (Å²) in [6.45, 7) is 5.55. The number of allylic oxidation sites excluding steroid dienone is 21. The number of amides is 1. The average Bonchev–Trinajstić information content (AvgIpc) is 2.49. The van der Waals surface area contributed by atoms with E-state index in [2.05, 4.69) is 148 Å². The summed E-state index contributed by atoms with van der Waals surface area (Å²) >= 11 is 0. The second kappa shape index (κ2) is 60.1. The molecule has 8 unspecified atom stereocenters. The Labute approximate surface area is 518 Å². The zero-order valence-electron chi connectivity index (χ0n) is 53.7. The van der Waals surface area contributed by atoms with Crippen LogP contribution in [-0.4, -0.2) is 99.6 Å². The van der Waals surface area contributed by atoms with E-state index in [4.69, 9.17) is 14.2 Å². The quantitative estimate of drug-likeness (QED) is 0.0195. The van der Waals surface area contributed by atoms with E-state index >= 15 is 0 Å². The highest BCUT2D eigenvalue weighted by atomic mass is 16.7. The van der Waals surface area contributed by atoms with Gasteiger partial charge in [0.15, 0.2) is 12.4 Å². The minimum atomic E-state index is -1.63. The van der Waals surface area contributed by atoms with Gasteiger partial charge >= 0.3 is 5.97 Å². The fraction of sp³-hybridized carbons (Fsp3) is 0.676. The number of esters is 1. The number of hydrogen-bond acceptors (Lipinski definition) is 10. The van der Waals surface area contributed by atoms with Crippen molar-refractivity contribution in [3.05, 3.63) is 134 Å². The largest absolute Gasteiger partial charge is 0.454 e. The minimum Gasteiger partial charge on any atom is -0.454 e. The van der Waals surface area contributed by atoms with Gasteiger partial charge in [-0.05, 0) is 116 Å². The summed E-state index contributed by atoms with van der Waals surface area (Å²) in [5.74, 6) is -1.23. The normalized spacial score (nSPS) is 19.3. The number of rotatable bonds is 56. The molecule has 484 valence electrons. The van der Waals surface area contributed by atoms with E-state index in [0.29, 0.717) is 12.8 Å². The van der Waals surface area contributed by atoms with Crippen LogP contribution in [0.3, 0.4) is 0 Å². The molecular formula is C74H123NO10. The van der Waals surface area contributed by atoms with Gasteiger partial charge in [0.25, 0.3) is 0 Å². The van der Waals surface area contributed by atoms with Crippen LogP contribution in [-0.2, 0) is 23.8 Å². The lowest BCUT2D eigenvalue weighted by Gasteiger charge is -2.41. The molecular weight excluding hydrogens is 1060 g/mol. The number of carbonyl (C=O) groups is 2. The topological polar surface area (TPSA) is 175 Å². The Bertz CT molecular complexity index is 1890. The van der Waals surface area contributed by atoms with Gasteiger partial charge in [-0.25, -0.2) is 0 Å². The third-order valence-electron chi connectivity index (χ3n) is 15.0. The van der Waals surface area contributed by atoms with Crippen molar-refractivity contribution in [2.75, 3.05) is 13.2 Å². The first-order valence-corrected chi connectivity index (χ1v) is 34.0. The molecule has 11 nitrogen and oxygen atoms in total. The molecule has 0 aromatic heterocycles. The average molecular weight is 1190 g/mol. The highest BCUT2D eigenvalue weighted by molar-refractivity contribution is 5.80. The highest BCUT2D eigenvalue weighted by Crippen LogP contribution is 2.26. The zero-order chi connectivity index (χ0) is 61.7. The molecule has 85 heavy (non-hydrogen) atoms. The monoisotopic (exact) mass is 1190 g/mol. The molecule has 0 aromatic rings. The lowest BCUT2D eigenvalue weighted by molar-refractivity contribution is -0.305. The fourth-order valence-electron chi connectivity index (χ4n) is 9.76. The number of aliphatic hydroxyl groups is 5. The third kappa shape index (κ3) is 47.5. The van der Waals surface area contributed by atoms with Gasteiger partial charge in [0.2, 0.25) is 5.91 Å². The van der Waals surface area contributed by atoms with Gasteiger partial charge < -0.3 is 45.1 Å². The Morgan fingerprint density at radius 3 is 1.27 bits per heavy atom. The Hall–Kier alpha value is -4.20. The number of unbranched alkanes of at least 4 members (excludes halogenated alkanes) is 22. The maximum absolute atomic E-state index is 13.5. The van der Waals surface area contributed by atoms with Gasteiger partial charge in [-0.2, -0.15) is 0 Å². The number of aliphatic hydroxyl groups excluding tert-OH is 5. The number of ether oxygens (including phenoxy) is 3. The Morgan fingerprint density at radius 2 is 0.847 bits per heavy atom. The molecule has 0 saturated carbocycles. The number of hydrogen-bond donors (Lipinski definition) is 6. The first kappa shape index (κ1) is 78.8. The molecule has 0 radical (unpaired) electrons. The lowest BCUT2D eigenvalue weighted by atomic mass is 9.99. The second-order valence-electron chi connectivity index (χ2n) is 22.8. The SMILES string of the molecule is CC/C=C\C/C=C\C/C=C\C/C=C\C/C=C\CCCCCCCCCC(=O)OC1C(OCC(NC(=O)C(O)CCCCCC/C=C\C/C=C\C/C=C\C/C=C\C/C=C\CC)C(O)/C=C/CCCCCCCCCCCCC)OC(CO)C(O)C1O. The molecule has 1 rings (SSSR count). The predicted molar refractivity (Wildman–Crippen MR) is 356 cm³/mol. The second-order valence-corrected chi connectivity index (χ2v) is 22.8. The summed E-state index contributed by atoms with van der Waals surface area (Å²) in [6.07, 6.45) is 74.7. The molecule has 6 N–H and O–H groups in total. The van der Waals surface area contributed by atoms with E-state index in [1.54, 1.807) is 6.08 Å². The molecule has 0 aliphatic carbocycles. The van der Waals surface area contributed by atoms with Crippen LogP contribution < -0.4 is 5.32 Å². The van der Waals surface area contributed by atoms with Crippen LogP contribution in [0, 0.1) is 0 Å². The summed E-state index contributed by atoms with van der Waals surface area (Å²) in [7, 11) is 0. The molecule has 0 bridgehead atoms. The Morgan fingerprint density at radius 1 is 0.471 bits per heavy atom. The smallest absolute Gasteiger partial charge is 0.306 e. The van der Waals surface area contributed by atoms with E-state index in [-0.39, 0.29) is 19.4 Å². The van der Waals surface area contributed by atoms with E-state index in [0.717, 1.165) is 161 Å². The molecule has 1 aliphatic heterocycles. The Balaban J connectivity index is 2.66. The summed E-state index contributed by atoms with van der Waals surface area (Å²) in [4.78, 5) is 26.7. The predicted octanol–water partition coefficient (Wildman–Crippen LogP) is 17.2. The van der Waals surface area contributed by atoms with Crippen molar-refractivity contribution in [3.63, 3.8) is 0 Å². The van der Waals surface area contributed by atoms with Crippen molar-refractivity contribution in [1.82, 2.24) is 5.32 Å². The Kier molecular flexibility index (Phi) is 55.7. The van der Waals surface area contributed by atoms with Gasteiger partial charge in [0.1, 0.15) is 24.4 Å². The van der Waals surface area contributed by atoms with Crippen molar-refractivity contribution < 1.29 is 49.3 Å². The molecule has 1 heterocycles. The van der Waals surface area contributed by atoms with Gasteiger partial charge in [0.05, 0.1) is 25.4 Å². The van der Waals surface area contributed by atoms with Crippen molar-refractivity contribution in [1.29, 1.82) is 0 Å². The molecule has 1 saturated heterocycles. The van der Waals surface area contributed by atoms with E-state index in [1.165, 1.54) is 51.4 Å². The van der Waals surface area contributed by atoms with E-state index < -0.39 is 67.4 Å². The van der Waals surface area contributed by atoms with Crippen molar-refractivity contribution in [2.24, 2.45) is 0 Å². The summed E-state index contributed by atoms with van der Waals surface area (Å²) < 4.78 is 17.7. The lowest BCUT2D eigenvalue weighted by Crippen LogP contribution is -2.61. The van der Waals surface area contributed by atoms with Crippen molar-refractivity contribution in [3.8, 4) is 0 Å². The molecule has 8 atom stereocenters.